The Balaban J connectivity index is 0.779. The summed E-state index contributed by atoms with van der Waals surface area (Å²) in [5.74, 6) is 2.20. The van der Waals surface area contributed by atoms with Gasteiger partial charge < -0.3 is 29.3 Å². The second kappa shape index (κ2) is 15.0. The van der Waals surface area contributed by atoms with Gasteiger partial charge >= 0.3 is 0 Å². The summed E-state index contributed by atoms with van der Waals surface area (Å²) in [5, 5.41) is 12.7. The predicted octanol–water partition coefficient (Wildman–Crippen LogP) is 5.82. The van der Waals surface area contributed by atoms with E-state index in [0.29, 0.717) is 42.7 Å². The quantitative estimate of drug-likeness (QED) is 0.224. The molecular formula is C47H51N5O6. The van der Waals surface area contributed by atoms with Gasteiger partial charge in [-0.25, -0.2) is 0 Å². The minimum absolute atomic E-state index is 0.130. The van der Waals surface area contributed by atoms with Crippen molar-refractivity contribution in [3.05, 3.63) is 112 Å². The number of nitrogens with zero attached hydrogens (tertiary/aromatic N) is 4. The Bertz CT molecular complexity index is 2260. The maximum Gasteiger partial charge on any atom is 0.255 e. The van der Waals surface area contributed by atoms with E-state index in [0.717, 1.165) is 87.7 Å². The topological polar surface area (TPSA) is 115 Å². The fraction of sp³-hybridized carbons (Fsp3) is 0.426. The van der Waals surface area contributed by atoms with Gasteiger partial charge in [-0.05, 0) is 96.5 Å². The number of nitrogens with one attached hydrogen (secondary N) is 1. The smallest absolute Gasteiger partial charge is 0.255 e. The van der Waals surface area contributed by atoms with Crippen molar-refractivity contribution >= 4 is 29.1 Å². The van der Waals surface area contributed by atoms with Crippen LogP contribution < -0.4 is 24.6 Å². The number of anilines is 2. The molecule has 0 aromatic heterocycles. The highest BCUT2D eigenvalue weighted by Crippen LogP contribution is 2.50. The molecule has 3 amide bonds. The van der Waals surface area contributed by atoms with E-state index >= 15 is 0 Å². The average Bonchev–Trinajstić information content (AvgIpc) is 3.56. The molecule has 3 saturated heterocycles. The molecule has 11 nitrogen and oxygen atoms in total. The van der Waals surface area contributed by atoms with Crippen molar-refractivity contribution in [1.82, 2.24) is 15.1 Å². The normalized spacial score (nSPS) is 24.7. The summed E-state index contributed by atoms with van der Waals surface area (Å²) in [4.78, 5) is 46.9. The van der Waals surface area contributed by atoms with Gasteiger partial charge in [0, 0.05) is 81.0 Å². The fourth-order valence-electron chi connectivity index (χ4n) is 10.8. The van der Waals surface area contributed by atoms with Crippen LogP contribution in [0.4, 0.5) is 11.4 Å². The van der Waals surface area contributed by atoms with Gasteiger partial charge in [-0.1, -0.05) is 42.5 Å². The van der Waals surface area contributed by atoms with Gasteiger partial charge in [-0.3, -0.25) is 24.6 Å². The third-order valence-corrected chi connectivity index (χ3v) is 13.8. The number of hydrogen-bond donors (Lipinski definition) is 2. The Hall–Kier alpha value is -5.55. The molecule has 10 rings (SSSR count). The average molecular weight is 782 g/mol. The molecule has 300 valence electrons. The molecular weight excluding hydrogens is 731 g/mol. The molecule has 4 atom stereocenters. The van der Waals surface area contributed by atoms with Gasteiger partial charge in [0.15, 0.2) is 0 Å². The number of benzene rings is 4. The Morgan fingerprint density at radius 3 is 2.47 bits per heavy atom. The van der Waals surface area contributed by atoms with Crippen LogP contribution in [0.1, 0.15) is 82.1 Å². The first-order valence-corrected chi connectivity index (χ1v) is 21.0. The molecule has 0 spiro atoms. The predicted molar refractivity (Wildman–Crippen MR) is 221 cm³/mol. The van der Waals surface area contributed by atoms with Crippen LogP contribution in [0.3, 0.4) is 0 Å². The number of phenolic OH excluding ortho intramolecular Hbond substituents is 1. The largest absolute Gasteiger partial charge is 0.508 e. The summed E-state index contributed by atoms with van der Waals surface area (Å²) >= 11 is 0. The van der Waals surface area contributed by atoms with Gasteiger partial charge in [0.05, 0.1) is 18.8 Å². The van der Waals surface area contributed by atoms with Crippen molar-refractivity contribution in [2.75, 3.05) is 62.8 Å². The highest BCUT2D eigenvalue weighted by atomic mass is 16.5. The van der Waals surface area contributed by atoms with Crippen molar-refractivity contribution in [2.45, 2.75) is 69.0 Å². The number of aromatic hydroxyl groups is 1. The third-order valence-electron chi connectivity index (χ3n) is 13.8. The highest BCUT2D eigenvalue weighted by Gasteiger charge is 2.42. The summed E-state index contributed by atoms with van der Waals surface area (Å²) in [6.45, 7) is 6.83. The Morgan fingerprint density at radius 1 is 0.828 bits per heavy atom. The molecule has 4 aromatic rings. The van der Waals surface area contributed by atoms with Crippen LogP contribution >= 0.6 is 0 Å². The maximum absolute atomic E-state index is 13.4. The number of phenols is 1. The molecule has 11 heteroatoms. The molecule has 5 heterocycles. The fourth-order valence-corrected chi connectivity index (χ4v) is 10.8. The number of rotatable bonds is 7. The van der Waals surface area contributed by atoms with Gasteiger partial charge in [-0.15, -0.1) is 0 Å². The molecule has 0 unspecified atom stereocenters. The van der Waals surface area contributed by atoms with Crippen LogP contribution in [0, 0.1) is 5.92 Å². The van der Waals surface area contributed by atoms with Crippen LogP contribution in [0.25, 0.3) is 0 Å². The first-order valence-electron chi connectivity index (χ1n) is 21.0. The lowest BCUT2D eigenvalue weighted by Crippen LogP contribution is -2.58. The molecule has 2 N–H and O–H groups in total. The monoisotopic (exact) mass is 781 g/mol. The Kier molecular flexibility index (Phi) is 9.51. The van der Waals surface area contributed by atoms with Gasteiger partial charge in [-0.2, -0.15) is 0 Å². The lowest BCUT2D eigenvalue weighted by atomic mass is 9.69. The van der Waals surface area contributed by atoms with E-state index in [-0.39, 0.29) is 30.2 Å². The zero-order valence-electron chi connectivity index (χ0n) is 33.1. The summed E-state index contributed by atoms with van der Waals surface area (Å²) in [7, 11) is 1.79. The van der Waals surface area contributed by atoms with E-state index in [9.17, 15) is 19.5 Å². The zero-order valence-corrected chi connectivity index (χ0v) is 33.1. The molecule has 3 fully saturated rings. The van der Waals surface area contributed by atoms with E-state index < -0.39 is 11.9 Å². The van der Waals surface area contributed by atoms with E-state index in [1.807, 2.05) is 18.2 Å². The summed E-state index contributed by atoms with van der Waals surface area (Å²) in [6, 6.07) is 27.1. The maximum atomic E-state index is 13.4. The lowest BCUT2D eigenvalue weighted by Gasteiger charge is -2.47. The summed E-state index contributed by atoms with van der Waals surface area (Å²) < 4.78 is 12.5. The van der Waals surface area contributed by atoms with Crippen LogP contribution in [-0.2, 0) is 22.6 Å². The van der Waals surface area contributed by atoms with Crippen LogP contribution in [-0.4, -0.2) is 97.7 Å². The van der Waals surface area contributed by atoms with Crippen LogP contribution in [0.5, 0.6) is 17.2 Å². The zero-order chi connectivity index (χ0) is 39.5. The van der Waals surface area contributed by atoms with Gasteiger partial charge in [0.1, 0.15) is 29.9 Å². The molecule has 4 aromatic carbocycles. The number of aryl methyl sites for hydroxylation is 1. The molecule has 1 aliphatic carbocycles. The molecule has 58 heavy (non-hydrogen) atoms. The second-order valence-electron chi connectivity index (χ2n) is 17.1. The van der Waals surface area contributed by atoms with Gasteiger partial charge in [0.25, 0.3) is 5.91 Å². The van der Waals surface area contributed by atoms with Crippen molar-refractivity contribution in [3.8, 4) is 17.2 Å². The molecule has 0 radical (unpaired) electrons. The highest BCUT2D eigenvalue weighted by molar-refractivity contribution is 6.06. The Labute approximate surface area is 339 Å². The first-order chi connectivity index (χ1) is 28.3. The number of piperidine rings is 2. The van der Waals surface area contributed by atoms with E-state index in [1.54, 1.807) is 12.0 Å². The van der Waals surface area contributed by atoms with E-state index in [1.165, 1.54) is 27.9 Å². The number of piperazine rings is 1. The molecule has 6 aliphatic rings. The standard InChI is InChI=1S/C47H51N5O6/c1-57-42-23-33(8-11-38(42)45-36(30-5-3-2-4-6-30)10-7-31-21-35(53)9-12-37(31)45)50-17-15-29(16-18-50)25-49-19-20-51-34(27-49)28-58-43-24-39-32(22-41(43)51)26-52(47(39)56)40-13-14-44(54)48-46(40)55/h2-6,8-9,11-12,21-24,29,34,36,40,45,53H,7,10,13-20,25-28H2,1H3,(H,48,54,55)/t34-,36+,40-,45-/m1/s1. The number of fused-ring (bicyclic) bond motifs is 5. The van der Waals surface area contributed by atoms with Crippen molar-refractivity contribution in [3.63, 3.8) is 0 Å². The summed E-state index contributed by atoms with van der Waals surface area (Å²) in [6.07, 6.45) is 4.81. The molecule has 0 saturated carbocycles. The van der Waals surface area contributed by atoms with Crippen molar-refractivity contribution in [2.24, 2.45) is 5.92 Å². The van der Waals surface area contributed by atoms with Crippen LogP contribution in [0.2, 0.25) is 0 Å². The number of amides is 3. The number of imide groups is 1. The number of ether oxygens (including phenoxy) is 2. The SMILES string of the molecule is COc1cc(N2CCC(CN3CCN4c5cc6c(cc5OC[C@H]4C3)C(=O)N([C@@H]3CCC(=O)NC3=O)C6)CC2)ccc1[C@H]1c2ccc(O)cc2CC[C@H]1c1ccccc1. The number of carbonyl (C=O) groups is 3. The lowest BCUT2D eigenvalue weighted by molar-refractivity contribution is -0.136. The number of hydrogen-bond acceptors (Lipinski definition) is 9. The number of carbonyl (C=O) groups excluding carboxylic acids is 3. The van der Waals surface area contributed by atoms with Gasteiger partial charge in [0.2, 0.25) is 11.8 Å². The second-order valence-corrected chi connectivity index (χ2v) is 17.1. The minimum Gasteiger partial charge on any atom is -0.508 e. The molecule has 0 bridgehead atoms. The van der Waals surface area contributed by atoms with Crippen LogP contribution in [0.15, 0.2) is 78.9 Å². The van der Waals surface area contributed by atoms with E-state index in [2.05, 4.69) is 80.7 Å². The summed E-state index contributed by atoms with van der Waals surface area (Å²) in [5.41, 5.74) is 8.76. The third kappa shape index (κ3) is 6.63. The minimum atomic E-state index is -0.627. The number of methoxy groups -OCH3 is 1. The van der Waals surface area contributed by atoms with E-state index in [4.69, 9.17) is 9.47 Å². The Morgan fingerprint density at radius 2 is 1.66 bits per heavy atom. The first kappa shape index (κ1) is 36.8. The molecule has 5 aliphatic heterocycles. The van der Waals surface area contributed by atoms with Crippen molar-refractivity contribution < 1.29 is 29.0 Å². The van der Waals surface area contributed by atoms with Crippen molar-refractivity contribution in [1.29, 1.82) is 0 Å².